The van der Waals surface area contributed by atoms with Crippen LogP contribution in [0.3, 0.4) is 0 Å². The van der Waals surface area contributed by atoms with Gasteiger partial charge in [0.05, 0.1) is 28.9 Å². The fraction of sp³-hybridized carbons (Fsp3) is 0.667. The molecule has 1 aliphatic heterocycles. The lowest BCUT2D eigenvalue weighted by Crippen LogP contribution is -2.34. The average molecular weight is 584 g/mol. The van der Waals surface area contributed by atoms with E-state index in [9.17, 15) is 9.59 Å². The lowest BCUT2D eigenvalue weighted by molar-refractivity contribution is -0.156. The van der Waals surface area contributed by atoms with Gasteiger partial charge in [0, 0.05) is 30.5 Å². The van der Waals surface area contributed by atoms with Gasteiger partial charge in [-0.3, -0.25) is 14.5 Å². The van der Waals surface area contributed by atoms with Crippen LogP contribution in [-0.4, -0.2) is 47.2 Å². The van der Waals surface area contributed by atoms with Crippen molar-refractivity contribution in [2.24, 2.45) is 17.3 Å². The molecule has 1 saturated heterocycles. The summed E-state index contributed by atoms with van der Waals surface area (Å²) in [4.78, 5) is 28.6. The van der Waals surface area contributed by atoms with E-state index in [1.165, 1.54) is 12.0 Å². The van der Waals surface area contributed by atoms with E-state index in [0.717, 1.165) is 42.7 Å². The number of benzene rings is 1. The molecule has 3 aliphatic rings. The topological polar surface area (TPSA) is 84.7 Å². The number of halogens is 1. The van der Waals surface area contributed by atoms with Gasteiger partial charge in [0.15, 0.2) is 0 Å². The molecule has 1 amide bonds. The third-order valence-corrected chi connectivity index (χ3v) is 8.83. The molecule has 8 heteroatoms. The van der Waals surface area contributed by atoms with Crippen LogP contribution in [0.1, 0.15) is 114 Å². The Balaban J connectivity index is 1.39. The quantitative estimate of drug-likeness (QED) is 0.325. The van der Waals surface area contributed by atoms with Crippen LogP contribution in [0.15, 0.2) is 22.7 Å². The maximum atomic E-state index is 13.8. The van der Waals surface area contributed by atoms with E-state index in [0.29, 0.717) is 47.0 Å². The Kier molecular flexibility index (Phi) is 8.34. The predicted octanol–water partition coefficient (Wildman–Crippen LogP) is 7.44. The summed E-state index contributed by atoms with van der Waals surface area (Å²) in [5.74, 6) is 1.61. The Labute approximate surface area is 249 Å². The fourth-order valence-corrected chi connectivity index (χ4v) is 6.99. The molecule has 7 nitrogen and oxygen atoms in total. The highest BCUT2D eigenvalue weighted by Crippen LogP contribution is 2.54. The van der Waals surface area contributed by atoms with E-state index in [1.807, 2.05) is 50.8 Å². The maximum absolute atomic E-state index is 13.8. The summed E-state index contributed by atoms with van der Waals surface area (Å²) < 4.78 is 11.7. The molecular weight excluding hydrogens is 538 g/mol. The first-order valence-electron chi connectivity index (χ1n) is 15.2. The smallest absolute Gasteiger partial charge is 0.320 e. The van der Waals surface area contributed by atoms with Crippen LogP contribution in [0.2, 0.25) is 5.02 Å². The number of hydrogen-bond donors (Lipinski definition) is 1. The second-order valence-electron chi connectivity index (χ2n) is 14.9. The van der Waals surface area contributed by atoms with Gasteiger partial charge in [0.1, 0.15) is 11.4 Å². The second kappa shape index (κ2) is 11.4. The number of anilines is 1. The normalized spacial score (nSPS) is 25.2. The third-order valence-electron chi connectivity index (χ3n) is 8.52. The molecule has 5 rings (SSSR count). The molecule has 2 aromatic rings. The number of hydrogen-bond acceptors (Lipinski definition) is 6. The van der Waals surface area contributed by atoms with Crippen LogP contribution in [0.25, 0.3) is 0 Å². The van der Waals surface area contributed by atoms with Gasteiger partial charge >= 0.3 is 5.97 Å². The van der Waals surface area contributed by atoms with Crippen LogP contribution < -0.4 is 5.32 Å². The standard InChI is InChI=1S/C33H46ClN3O4/c1-19-8-11-26(25(34)12-19)35-31(39)24-17-37(18-27(38)40-33(5,6)7)16-23(24)29-28(21-9-10-21)30(41-36-29)22-13-20(14-22)15-32(2,3)4/h8,11-12,20-24H,9-10,13-18H2,1-7H3,(H,35,39)/t20-,22+,23-,24-/m0/s1. The van der Waals surface area contributed by atoms with Crippen molar-refractivity contribution in [3.63, 3.8) is 0 Å². The van der Waals surface area contributed by atoms with E-state index >= 15 is 0 Å². The van der Waals surface area contributed by atoms with Crippen LogP contribution in [0.4, 0.5) is 5.69 Å². The number of nitrogens with one attached hydrogen (secondary N) is 1. The summed E-state index contributed by atoms with van der Waals surface area (Å²) in [5.41, 5.74) is 3.52. The maximum Gasteiger partial charge on any atom is 0.320 e. The van der Waals surface area contributed by atoms with Crippen molar-refractivity contribution < 1.29 is 18.8 Å². The molecule has 3 fully saturated rings. The largest absolute Gasteiger partial charge is 0.459 e. The number of rotatable bonds is 8. The minimum Gasteiger partial charge on any atom is -0.459 e. The van der Waals surface area contributed by atoms with Crippen molar-refractivity contribution in [2.75, 3.05) is 25.0 Å². The Morgan fingerprint density at radius 1 is 1.10 bits per heavy atom. The second-order valence-corrected chi connectivity index (χ2v) is 15.3. The Bertz CT molecular complexity index is 1280. The summed E-state index contributed by atoms with van der Waals surface area (Å²) in [7, 11) is 0. The molecule has 0 bridgehead atoms. The third kappa shape index (κ3) is 7.34. The molecule has 1 N–H and O–H groups in total. The minimum atomic E-state index is -0.567. The van der Waals surface area contributed by atoms with E-state index in [4.69, 9.17) is 20.9 Å². The summed E-state index contributed by atoms with van der Waals surface area (Å²) in [5, 5.41) is 8.25. The highest BCUT2D eigenvalue weighted by molar-refractivity contribution is 6.33. The molecule has 2 saturated carbocycles. The lowest BCUT2D eigenvalue weighted by atomic mass is 9.66. The lowest BCUT2D eigenvalue weighted by Gasteiger charge is -2.38. The molecule has 2 heterocycles. The van der Waals surface area contributed by atoms with Crippen LogP contribution in [0.5, 0.6) is 0 Å². The molecule has 0 spiro atoms. The number of ether oxygens (including phenoxy) is 1. The minimum absolute atomic E-state index is 0.118. The zero-order valence-electron chi connectivity index (χ0n) is 25.7. The van der Waals surface area contributed by atoms with Gasteiger partial charge in [-0.25, -0.2) is 0 Å². The number of carbonyl (C=O) groups is 2. The van der Waals surface area contributed by atoms with Gasteiger partial charge in [0.25, 0.3) is 0 Å². The first kappa shape index (κ1) is 30.1. The fourth-order valence-electron chi connectivity index (χ4n) is 6.71. The Morgan fingerprint density at radius 3 is 2.41 bits per heavy atom. The van der Waals surface area contributed by atoms with Crippen LogP contribution in [0, 0.1) is 24.2 Å². The SMILES string of the molecule is Cc1ccc(NC(=O)[C@H]2CN(CC(=O)OC(C)(C)C)C[C@@H]2c2noc([C@H]3C[C@@H](CC(C)(C)C)C3)c2C2CC2)c(Cl)c1. The first-order chi connectivity index (χ1) is 19.2. The van der Waals surface area contributed by atoms with E-state index in [-0.39, 0.29) is 24.3 Å². The van der Waals surface area contributed by atoms with Gasteiger partial charge in [-0.05, 0) is 94.7 Å². The summed E-state index contributed by atoms with van der Waals surface area (Å²) in [6.07, 6.45) is 5.75. The molecule has 0 radical (unpaired) electrons. The van der Waals surface area contributed by atoms with Crippen molar-refractivity contribution in [3.8, 4) is 0 Å². The van der Waals surface area contributed by atoms with Crippen LogP contribution >= 0.6 is 11.6 Å². The molecule has 2 aliphatic carbocycles. The van der Waals surface area contributed by atoms with Gasteiger partial charge in [-0.1, -0.05) is 43.6 Å². The Morgan fingerprint density at radius 2 is 1.80 bits per heavy atom. The van der Waals surface area contributed by atoms with Crippen molar-refractivity contribution in [2.45, 2.75) is 104 Å². The highest BCUT2D eigenvalue weighted by Gasteiger charge is 2.47. The molecule has 2 atom stereocenters. The Hall–Kier alpha value is -2.38. The molecule has 41 heavy (non-hydrogen) atoms. The van der Waals surface area contributed by atoms with Crippen molar-refractivity contribution >= 4 is 29.2 Å². The monoisotopic (exact) mass is 583 g/mol. The number of aryl methyl sites for hydroxylation is 1. The molecule has 224 valence electrons. The number of likely N-dealkylation sites (tertiary alicyclic amines) is 1. The number of carbonyl (C=O) groups excluding carboxylic acids is 2. The summed E-state index contributed by atoms with van der Waals surface area (Å²) in [6.45, 7) is 15.6. The number of esters is 1. The van der Waals surface area contributed by atoms with Crippen molar-refractivity contribution in [1.82, 2.24) is 10.1 Å². The first-order valence-corrected chi connectivity index (χ1v) is 15.5. The average Bonchev–Trinajstić information content (AvgIpc) is 3.42. The molecule has 0 unspecified atom stereocenters. The van der Waals surface area contributed by atoms with Gasteiger partial charge in [-0.15, -0.1) is 0 Å². The molecular formula is C33H46ClN3O4. The molecule has 1 aromatic carbocycles. The van der Waals surface area contributed by atoms with Gasteiger partial charge in [-0.2, -0.15) is 0 Å². The van der Waals surface area contributed by atoms with Crippen LogP contribution in [-0.2, 0) is 14.3 Å². The summed E-state index contributed by atoms with van der Waals surface area (Å²) >= 11 is 6.47. The zero-order chi connectivity index (χ0) is 29.7. The van der Waals surface area contributed by atoms with E-state index < -0.39 is 11.5 Å². The number of amides is 1. The molecule has 1 aromatic heterocycles. The van der Waals surface area contributed by atoms with E-state index in [2.05, 4.69) is 31.2 Å². The van der Waals surface area contributed by atoms with Gasteiger partial charge in [0.2, 0.25) is 5.91 Å². The number of aromatic nitrogens is 1. The summed E-state index contributed by atoms with van der Waals surface area (Å²) in [6, 6.07) is 5.62. The predicted molar refractivity (Wildman–Crippen MR) is 161 cm³/mol. The number of nitrogens with zero attached hydrogens (tertiary/aromatic N) is 2. The van der Waals surface area contributed by atoms with Crippen molar-refractivity contribution in [1.29, 1.82) is 0 Å². The van der Waals surface area contributed by atoms with E-state index in [1.54, 1.807) is 0 Å². The highest BCUT2D eigenvalue weighted by atomic mass is 35.5. The van der Waals surface area contributed by atoms with Crippen molar-refractivity contribution in [3.05, 3.63) is 45.8 Å². The van der Waals surface area contributed by atoms with Gasteiger partial charge < -0.3 is 14.6 Å². The zero-order valence-corrected chi connectivity index (χ0v) is 26.4.